The van der Waals surface area contributed by atoms with Crippen molar-refractivity contribution in [2.75, 3.05) is 20.3 Å². The van der Waals surface area contributed by atoms with Crippen molar-refractivity contribution in [1.82, 2.24) is 20.7 Å². The maximum absolute atomic E-state index is 13.5. The number of nitrogens with one attached hydrogen (secondary N) is 2. The molecule has 4 rings (SSSR count). The van der Waals surface area contributed by atoms with Gasteiger partial charge in [-0.25, -0.2) is 10.4 Å². The summed E-state index contributed by atoms with van der Waals surface area (Å²) in [6, 6.07) is 0.121. The van der Waals surface area contributed by atoms with Gasteiger partial charge < -0.3 is 4.90 Å². The van der Waals surface area contributed by atoms with Crippen molar-refractivity contribution in [3.63, 3.8) is 0 Å². The van der Waals surface area contributed by atoms with Crippen molar-refractivity contribution in [1.29, 1.82) is 0 Å². The summed E-state index contributed by atoms with van der Waals surface area (Å²) in [6.45, 7) is 3.42. The quantitative estimate of drug-likeness (QED) is 0.738. The van der Waals surface area contributed by atoms with Crippen LogP contribution in [0.2, 0.25) is 0 Å². The Kier molecular flexibility index (Phi) is 6.15. The number of nitrogens with zero attached hydrogens (tertiary/aromatic N) is 2. The van der Waals surface area contributed by atoms with Crippen LogP contribution in [-0.4, -0.2) is 54.5 Å². The predicted molar refractivity (Wildman–Crippen MR) is 104 cm³/mol. The van der Waals surface area contributed by atoms with Crippen LogP contribution in [0, 0.1) is 29.6 Å². The largest absolute Gasteiger partial charge is 0.392 e. The molecular formula is C21H35F3N4O. The van der Waals surface area contributed by atoms with Crippen LogP contribution in [-0.2, 0) is 4.79 Å². The van der Waals surface area contributed by atoms with Gasteiger partial charge in [0.05, 0.1) is 18.8 Å². The number of hydrazine groups is 1. The van der Waals surface area contributed by atoms with E-state index in [2.05, 4.69) is 17.7 Å². The van der Waals surface area contributed by atoms with Crippen molar-refractivity contribution in [2.45, 2.75) is 76.7 Å². The first-order valence-electron chi connectivity index (χ1n) is 11.3. The lowest BCUT2D eigenvalue weighted by atomic mass is 9.73. The first-order valence-corrected chi connectivity index (χ1v) is 11.3. The van der Waals surface area contributed by atoms with Crippen LogP contribution in [0.1, 0.15) is 58.3 Å². The van der Waals surface area contributed by atoms with Crippen LogP contribution < -0.4 is 10.7 Å². The first-order chi connectivity index (χ1) is 13.7. The van der Waals surface area contributed by atoms with Gasteiger partial charge in [0.2, 0.25) is 5.91 Å². The highest BCUT2D eigenvalue weighted by atomic mass is 19.4. The second-order valence-corrected chi connectivity index (χ2v) is 9.88. The molecule has 0 aromatic rings. The molecule has 29 heavy (non-hydrogen) atoms. The van der Waals surface area contributed by atoms with Crippen LogP contribution in [0.15, 0.2) is 0 Å². The topological polar surface area (TPSA) is 47.6 Å². The highest BCUT2D eigenvalue weighted by Crippen LogP contribution is 2.49. The summed E-state index contributed by atoms with van der Waals surface area (Å²) in [5.74, 6) is -1.20. The maximum Gasteiger partial charge on any atom is 0.392 e. The van der Waals surface area contributed by atoms with Gasteiger partial charge in [0.1, 0.15) is 0 Å². The van der Waals surface area contributed by atoms with Gasteiger partial charge in [-0.05, 0) is 49.9 Å². The Morgan fingerprint density at radius 2 is 1.93 bits per heavy atom. The molecule has 4 fully saturated rings. The average Bonchev–Trinajstić information content (AvgIpc) is 3.24. The van der Waals surface area contributed by atoms with E-state index in [1.165, 1.54) is 0 Å². The molecule has 8 heteroatoms. The Balaban J connectivity index is 1.38. The number of rotatable bonds is 4. The molecule has 2 saturated heterocycles. The van der Waals surface area contributed by atoms with Crippen LogP contribution in [0.25, 0.3) is 0 Å². The third kappa shape index (κ3) is 4.44. The van der Waals surface area contributed by atoms with Crippen LogP contribution >= 0.6 is 0 Å². The molecule has 0 bridgehead atoms. The van der Waals surface area contributed by atoms with E-state index >= 15 is 0 Å². The van der Waals surface area contributed by atoms with Crippen molar-refractivity contribution >= 4 is 5.91 Å². The van der Waals surface area contributed by atoms with Crippen molar-refractivity contribution in [3.8, 4) is 0 Å². The van der Waals surface area contributed by atoms with Gasteiger partial charge in [0.25, 0.3) is 0 Å². The predicted octanol–water partition coefficient (Wildman–Crippen LogP) is 3.33. The third-order valence-electron chi connectivity index (χ3n) is 7.98. The van der Waals surface area contributed by atoms with Gasteiger partial charge in [-0.3, -0.25) is 10.1 Å². The molecule has 0 aromatic carbocycles. The van der Waals surface area contributed by atoms with Crippen LogP contribution in [0.4, 0.5) is 13.2 Å². The second kappa shape index (κ2) is 8.35. The summed E-state index contributed by atoms with van der Waals surface area (Å²) in [4.78, 5) is 14.9. The number of alkyl halides is 3. The summed E-state index contributed by atoms with van der Waals surface area (Å²) in [5.41, 5.74) is 3.40. The smallest absolute Gasteiger partial charge is 0.339 e. The molecule has 0 aromatic heterocycles. The minimum absolute atomic E-state index is 0.00278. The van der Waals surface area contributed by atoms with E-state index in [9.17, 15) is 18.0 Å². The van der Waals surface area contributed by atoms with Crippen molar-refractivity contribution < 1.29 is 18.0 Å². The molecular weight excluding hydrogens is 381 g/mol. The Morgan fingerprint density at radius 1 is 1.17 bits per heavy atom. The minimum Gasteiger partial charge on any atom is -0.339 e. The van der Waals surface area contributed by atoms with Crippen LogP contribution in [0.3, 0.4) is 0 Å². The molecule has 4 aliphatic rings. The molecule has 1 amide bonds. The van der Waals surface area contributed by atoms with Gasteiger partial charge in [-0.2, -0.15) is 13.2 Å². The van der Waals surface area contributed by atoms with E-state index < -0.39 is 23.9 Å². The zero-order chi connectivity index (χ0) is 20.8. The molecule has 0 spiro atoms. The zero-order valence-electron chi connectivity index (χ0n) is 17.5. The number of halogens is 3. The van der Waals surface area contributed by atoms with E-state index in [4.69, 9.17) is 0 Å². The van der Waals surface area contributed by atoms with Crippen molar-refractivity contribution in [2.24, 2.45) is 29.6 Å². The van der Waals surface area contributed by atoms with E-state index in [1.807, 2.05) is 17.0 Å². The second-order valence-electron chi connectivity index (χ2n) is 9.88. The lowest BCUT2D eigenvalue weighted by Crippen LogP contribution is -2.43. The lowest BCUT2D eigenvalue weighted by molar-refractivity contribution is -0.198. The fourth-order valence-corrected chi connectivity index (χ4v) is 6.40. The first kappa shape index (κ1) is 21.4. The van der Waals surface area contributed by atoms with Gasteiger partial charge in [0.15, 0.2) is 0 Å². The Morgan fingerprint density at radius 3 is 2.62 bits per heavy atom. The van der Waals surface area contributed by atoms with Gasteiger partial charge >= 0.3 is 6.18 Å². The normalized spacial score (nSPS) is 40.3. The number of fused-ring (bicyclic) bond motifs is 1. The molecule has 2 saturated carbocycles. The number of amides is 1. The fraction of sp³-hybridized carbons (Fsp3) is 0.952. The number of hydrogen-bond acceptors (Lipinski definition) is 4. The Bertz CT molecular complexity index is 601. The maximum atomic E-state index is 13.5. The third-order valence-corrected chi connectivity index (χ3v) is 7.98. The van der Waals surface area contributed by atoms with E-state index in [0.717, 1.165) is 38.8 Å². The molecule has 2 heterocycles. The molecule has 2 aliphatic heterocycles. The SMILES string of the molecule is C[C@H](CC1NCN(C)N1)C1CCCC(N2CC3C(CCCC3C(F)(F)F)C2=O)C1. The Hall–Kier alpha value is -0.860. The van der Waals surface area contributed by atoms with E-state index in [0.29, 0.717) is 31.2 Å². The monoisotopic (exact) mass is 416 g/mol. The fourth-order valence-electron chi connectivity index (χ4n) is 6.40. The van der Waals surface area contributed by atoms with Gasteiger partial charge in [-0.15, -0.1) is 0 Å². The molecule has 166 valence electrons. The lowest BCUT2D eigenvalue weighted by Gasteiger charge is -2.38. The highest BCUT2D eigenvalue weighted by Gasteiger charge is 2.55. The summed E-state index contributed by atoms with van der Waals surface area (Å²) >= 11 is 0. The number of carbonyl (C=O) groups is 1. The summed E-state index contributed by atoms with van der Waals surface area (Å²) in [6.07, 6.45) is 2.54. The standard InChI is InChI=1S/C21H35F3N4O/c1-13(9-19-25-12-27(2)26-19)14-5-3-6-15(10-14)28-11-17-16(20(28)29)7-4-8-18(17)21(22,23)24/h13-19,25-26H,3-12H2,1-2H3/t13-,14?,15?,16?,17?,18?,19?/m1/s1. The van der Waals surface area contributed by atoms with Crippen LogP contribution in [0.5, 0.6) is 0 Å². The molecule has 7 atom stereocenters. The summed E-state index contributed by atoms with van der Waals surface area (Å²) < 4.78 is 40.6. The highest BCUT2D eigenvalue weighted by molar-refractivity contribution is 5.82. The number of likely N-dealkylation sites (tertiary alicyclic amines) is 1. The zero-order valence-corrected chi connectivity index (χ0v) is 17.5. The average molecular weight is 417 g/mol. The molecule has 6 unspecified atom stereocenters. The Labute approximate surface area is 171 Å². The van der Waals surface area contributed by atoms with Gasteiger partial charge in [0, 0.05) is 25.6 Å². The molecule has 0 radical (unpaired) electrons. The van der Waals surface area contributed by atoms with Crippen molar-refractivity contribution in [3.05, 3.63) is 0 Å². The van der Waals surface area contributed by atoms with E-state index in [1.54, 1.807) is 0 Å². The summed E-state index contributed by atoms with van der Waals surface area (Å²) in [7, 11) is 2.01. The summed E-state index contributed by atoms with van der Waals surface area (Å²) in [5, 5.41) is 5.49. The van der Waals surface area contributed by atoms with E-state index in [-0.39, 0.29) is 24.5 Å². The number of hydrogen-bond donors (Lipinski definition) is 2. The van der Waals surface area contributed by atoms with Gasteiger partial charge in [-0.1, -0.05) is 26.2 Å². The molecule has 5 nitrogen and oxygen atoms in total. The molecule has 2 N–H and O–H groups in total. The minimum atomic E-state index is -4.18. The molecule has 2 aliphatic carbocycles. The number of carbonyl (C=O) groups excluding carboxylic acids is 1.